The summed E-state index contributed by atoms with van der Waals surface area (Å²) in [5, 5.41) is 0. The topological polar surface area (TPSA) is 26.3 Å². The highest BCUT2D eigenvalue weighted by Gasteiger charge is 2.66. The predicted molar refractivity (Wildman–Crippen MR) is 80.3 cm³/mol. The molecular weight excluding hydrogens is 260 g/mol. The van der Waals surface area contributed by atoms with Crippen molar-refractivity contribution in [2.75, 3.05) is 0 Å². The maximum Gasteiger partial charge on any atom is 0.306 e. The number of ether oxygens (including phenoxy) is 1. The number of esters is 1. The zero-order chi connectivity index (χ0) is 14.3. The normalized spacial score (nSPS) is 61.1. The molecule has 10 atom stereocenters. The van der Waals surface area contributed by atoms with Crippen LogP contribution in [0.25, 0.3) is 0 Å². The van der Waals surface area contributed by atoms with E-state index in [1.165, 1.54) is 19.3 Å². The minimum Gasteiger partial charge on any atom is -0.462 e. The standard InChI is InChI=1S/C19H28O2/c1-9-10(2)13-8-12(9)18-11-6-14(15(7-11)19(13)18)16-4-3-5-17(20)21-16/h9-16,18-19H,3-8H2,1-2H3. The molecule has 0 aromatic rings. The lowest BCUT2D eigenvalue weighted by molar-refractivity contribution is -0.160. The van der Waals surface area contributed by atoms with Crippen molar-refractivity contribution in [1.29, 1.82) is 0 Å². The summed E-state index contributed by atoms with van der Waals surface area (Å²) in [4.78, 5) is 11.7. The maximum atomic E-state index is 11.7. The number of cyclic esters (lactones) is 1. The van der Waals surface area contributed by atoms with Gasteiger partial charge in [-0.05, 0) is 85.4 Å². The second kappa shape index (κ2) is 4.26. The fourth-order valence-electron chi connectivity index (χ4n) is 7.74. The Morgan fingerprint density at radius 3 is 2.38 bits per heavy atom. The molecule has 0 aromatic carbocycles. The predicted octanol–water partition coefficient (Wildman–Crippen LogP) is 3.89. The second-order valence-corrected chi connectivity index (χ2v) is 8.92. The van der Waals surface area contributed by atoms with E-state index in [4.69, 9.17) is 4.74 Å². The molecule has 10 unspecified atom stereocenters. The molecular formula is C19H28O2. The van der Waals surface area contributed by atoms with Crippen molar-refractivity contribution in [2.45, 2.75) is 58.5 Å². The van der Waals surface area contributed by atoms with E-state index in [9.17, 15) is 4.79 Å². The van der Waals surface area contributed by atoms with Gasteiger partial charge in [0.05, 0.1) is 0 Å². The fraction of sp³-hybridized carbons (Fsp3) is 0.947. The fourth-order valence-corrected chi connectivity index (χ4v) is 7.74. The first-order valence-electron chi connectivity index (χ1n) is 9.34. The smallest absolute Gasteiger partial charge is 0.306 e. The number of carbonyl (C=O) groups is 1. The highest BCUT2D eigenvalue weighted by Crippen LogP contribution is 2.71. The van der Waals surface area contributed by atoms with E-state index in [0.29, 0.717) is 12.3 Å². The minimum absolute atomic E-state index is 0.0699. The van der Waals surface area contributed by atoms with E-state index in [1.54, 1.807) is 0 Å². The van der Waals surface area contributed by atoms with Crippen LogP contribution in [-0.2, 0) is 9.53 Å². The van der Waals surface area contributed by atoms with Crippen LogP contribution in [-0.4, -0.2) is 12.1 Å². The Kier molecular flexibility index (Phi) is 2.63. The first-order chi connectivity index (χ1) is 10.1. The number of hydrogen-bond acceptors (Lipinski definition) is 2. The van der Waals surface area contributed by atoms with E-state index >= 15 is 0 Å². The quantitative estimate of drug-likeness (QED) is 0.540. The second-order valence-electron chi connectivity index (χ2n) is 8.92. The third-order valence-electron chi connectivity index (χ3n) is 8.53. The van der Waals surface area contributed by atoms with Crippen molar-refractivity contribution in [2.24, 2.45) is 53.3 Å². The van der Waals surface area contributed by atoms with Gasteiger partial charge >= 0.3 is 5.97 Å². The van der Waals surface area contributed by atoms with Crippen LogP contribution in [0.15, 0.2) is 0 Å². The van der Waals surface area contributed by atoms with Gasteiger partial charge in [0, 0.05) is 6.42 Å². The van der Waals surface area contributed by atoms with Crippen molar-refractivity contribution in [3.63, 3.8) is 0 Å². The minimum atomic E-state index is 0.0699. The zero-order valence-electron chi connectivity index (χ0n) is 13.3. The van der Waals surface area contributed by atoms with Gasteiger partial charge in [-0.15, -0.1) is 0 Å². The van der Waals surface area contributed by atoms with Gasteiger partial charge in [-0.25, -0.2) is 0 Å². The van der Waals surface area contributed by atoms with E-state index in [1.807, 2.05) is 0 Å². The Hall–Kier alpha value is -0.530. The van der Waals surface area contributed by atoms with E-state index in [-0.39, 0.29) is 12.1 Å². The van der Waals surface area contributed by atoms with E-state index in [2.05, 4.69) is 13.8 Å². The first kappa shape index (κ1) is 13.0. The summed E-state index contributed by atoms with van der Waals surface area (Å²) in [6.07, 6.45) is 7.47. The molecule has 5 aliphatic rings. The summed E-state index contributed by atoms with van der Waals surface area (Å²) >= 11 is 0. The molecule has 5 fully saturated rings. The Bertz CT molecular complexity index is 472. The molecule has 1 heterocycles. The van der Waals surface area contributed by atoms with Crippen LogP contribution in [0.3, 0.4) is 0 Å². The molecule has 2 nitrogen and oxygen atoms in total. The molecule has 4 saturated carbocycles. The Morgan fingerprint density at radius 2 is 1.62 bits per heavy atom. The lowest BCUT2D eigenvalue weighted by atomic mass is 9.61. The van der Waals surface area contributed by atoms with Gasteiger partial charge in [0.15, 0.2) is 0 Å². The summed E-state index contributed by atoms with van der Waals surface area (Å²) in [7, 11) is 0. The van der Waals surface area contributed by atoms with Crippen LogP contribution in [0.1, 0.15) is 52.4 Å². The average Bonchev–Trinajstić information content (AvgIpc) is 3.19. The average molecular weight is 288 g/mol. The lowest BCUT2D eigenvalue weighted by Crippen LogP contribution is -2.43. The van der Waals surface area contributed by atoms with Gasteiger partial charge in [-0.2, -0.15) is 0 Å². The van der Waals surface area contributed by atoms with Crippen LogP contribution in [0.4, 0.5) is 0 Å². The monoisotopic (exact) mass is 288 g/mol. The maximum absolute atomic E-state index is 11.7. The van der Waals surface area contributed by atoms with Crippen LogP contribution in [0.2, 0.25) is 0 Å². The Morgan fingerprint density at radius 1 is 0.905 bits per heavy atom. The molecule has 0 N–H and O–H groups in total. The van der Waals surface area contributed by atoms with Crippen LogP contribution in [0.5, 0.6) is 0 Å². The third kappa shape index (κ3) is 1.57. The summed E-state index contributed by atoms with van der Waals surface area (Å²) in [6.45, 7) is 5.02. The molecule has 1 aliphatic heterocycles. The molecule has 0 amide bonds. The number of carbonyl (C=O) groups excluding carboxylic acids is 1. The van der Waals surface area contributed by atoms with Crippen LogP contribution < -0.4 is 0 Å². The molecule has 4 bridgehead atoms. The third-order valence-corrected chi connectivity index (χ3v) is 8.53. The van der Waals surface area contributed by atoms with Crippen molar-refractivity contribution in [3.8, 4) is 0 Å². The molecule has 5 rings (SSSR count). The van der Waals surface area contributed by atoms with Gasteiger partial charge < -0.3 is 4.74 Å². The van der Waals surface area contributed by atoms with Crippen molar-refractivity contribution >= 4 is 5.97 Å². The van der Waals surface area contributed by atoms with Gasteiger partial charge in [0.25, 0.3) is 0 Å². The molecule has 0 radical (unpaired) electrons. The van der Waals surface area contributed by atoms with Gasteiger partial charge in [0.1, 0.15) is 6.10 Å². The largest absolute Gasteiger partial charge is 0.462 e. The zero-order valence-corrected chi connectivity index (χ0v) is 13.3. The highest BCUT2D eigenvalue weighted by molar-refractivity contribution is 5.70. The van der Waals surface area contributed by atoms with Crippen LogP contribution in [0, 0.1) is 53.3 Å². The number of fused-ring (bicyclic) bond motifs is 9. The molecule has 0 aromatic heterocycles. The van der Waals surface area contributed by atoms with Crippen LogP contribution >= 0.6 is 0 Å². The molecule has 4 aliphatic carbocycles. The first-order valence-corrected chi connectivity index (χ1v) is 9.34. The summed E-state index contributed by atoms with van der Waals surface area (Å²) in [5.41, 5.74) is 0. The Balaban J connectivity index is 1.40. The Labute approximate surface area is 128 Å². The highest BCUT2D eigenvalue weighted by atomic mass is 16.5. The molecule has 2 heteroatoms. The SMILES string of the molecule is CC1C(C)C2CC1C1C3CC(C4CCCC(=O)O4)C(C3)C21. The summed E-state index contributed by atoms with van der Waals surface area (Å²) in [6, 6.07) is 0. The number of hydrogen-bond donors (Lipinski definition) is 0. The molecule has 21 heavy (non-hydrogen) atoms. The molecule has 116 valence electrons. The summed E-state index contributed by atoms with van der Waals surface area (Å²) < 4.78 is 5.76. The van der Waals surface area contributed by atoms with Gasteiger partial charge in [0.2, 0.25) is 0 Å². The van der Waals surface area contributed by atoms with E-state index < -0.39 is 0 Å². The van der Waals surface area contributed by atoms with Gasteiger partial charge in [-0.3, -0.25) is 4.79 Å². The van der Waals surface area contributed by atoms with Crippen molar-refractivity contribution < 1.29 is 9.53 Å². The number of rotatable bonds is 1. The van der Waals surface area contributed by atoms with Crippen molar-refractivity contribution in [1.82, 2.24) is 0 Å². The van der Waals surface area contributed by atoms with E-state index in [0.717, 1.165) is 60.2 Å². The van der Waals surface area contributed by atoms with Gasteiger partial charge in [-0.1, -0.05) is 13.8 Å². The van der Waals surface area contributed by atoms with Crippen molar-refractivity contribution in [3.05, 3.63) is 0 Å². The molecule has 1 saturated heterocycles. The summed E-state index contributed by atoms with van der Waals surface area (Å²) in [5.74, 6) is 8.59. The molecule has 0 spiro atoms. The lowest BCUT2D eigenvalue weighted by Gasteiger charge is -2.45.